The minimum atomic E-state index is 0.144. The van der Waals surface area contributed by atoms with Crippen molar-refractivity contribution in [1.29, 1.82) is 0 Å². The van der Waals surface area contributed by atoms with Crippen molar-refractivity contribution >= 4 is 11.6 Å². The third-order valence-corrected chi connectivity index (χ3v) is 4.70. The maximum atomic E-state index is 6.04. The Labute approximate surface area is 135 Å². The molecule has 3 heteroatoms. The number of hydrogen-bond donors (Lipinski definition) is 0. The molecule has 1 unspecified atom stereocenters. The number of imidazole rings is 1. The van der Waals surface area contributed by atoms with Crippen LogP contribution in [-0.4, -0.2) is 9.55 Å². The summed E-state index contributed by atoms with van der Waals surface area (Å²) in [6, 6.07) is 15.1. The van der Waals surface area contributed by atoms with Crippen LogP contribution in [0.4, 0.5) is 0 Å². The molecule has 0 fully saturated rings. The molecule has 4 rings (SSSR count). The summed E-state index contributed by atoms with van der Waals surface area (Å²) in [4.78, 5) is 4.22. The van der Waals surface area contributed by atoms with Gasteiger partial charge in [-0.15, -0.1) is 0 Å². The Hall–Kier alpha value is -2.06. The zero-order valence-corrected chi connectivity index (χ0v) is 13.0. The highest BCUT2D eigenvalue weighted by atomic mass is 35.5. The summed E-state index contributed by atoms with van der Waals surface area (Å²) in [6.07, 6.45) is 9.41. The second-order valence-corrected chi connectivity index (χ2v) is 6.28. The lowest BCUT2D eigenvalue weighted by Crippen LogP contribution is -2.11. The predicted octanol–water partition coefficient (Wildman–Crippen LogP) is 4.66. The molecule has 0 spiro atoms. The van der Waals surface area contributed by atoms with Crippen molar-refractivity contribution in [3.8, 4) is 0 Å². The van der Waals surface area contributed by atoms with E-state index in [1.54, 1.807) is 0 Å². The average molecular weight is 309 g/mol. The van der Waals surface area contributed by atoms with Crippen molar-refractivity contribution in [2.45, 2.75) is 25.3 Å². The largest absolute Gasteiger partial charge is 0.326 e. The number of hydrogen-bond acceptors (Lipinski definition) is 1. The Morgan fingerprint density at radius 2 is 1.73 bits per heavy atom. The highest BCUT2D eigenvalue weighted by molar-refractivity contribution is 6.30. The van der Waals surface area contributed by atoms with Crippen LogP contribution in [-0.2, 0) is 12.8 Å². The molecule has 1 aliphatic rings. The van der Waals surface area contributed by atoms with Crippen LogP contribution in [0.3, 0.4) is 0 Å². The van der Waals surface area contributed by atoms with Crippen molar-refractivity contribution in [1.82, 2.24) is 9.55 Å². The maximum absolute atomic E-state index is 6.04. The van der Waals surface area contributed by atoms with Gasteiger partial charge in [0.15, 0.2) is 0 Å². The molecule has 2 aromatic carbocycles. The Morgan fingerprint density at radius 3 is 2.50 bits per heavy atom. The van der Waals surface area contributed by atoms with Crippen LogP contribution in [0.25, 0.3) is 0 Å². The molecule has 0 aliphatic heterocycles. The lowest BCUT2D eigenvalue weighted by molar-refractivity contribution is 0.676. The summed E-state index contributed by atoms with van der Waals surface area (Å²) in [5.74, 6) is 0. The molecule has 1 aromatic heterocycles. The van der Waals surface area contributed by atoms with Crippen LogP contribution in [0, 0.1) is 0 Å². The fraction of sp³-hybridized carbons (Fsp3) is 0.211. The van der Waals surface area contributed by atoms with E-state index in [9.17, 15) is 0 Å². The molecule has 0 saturated heterocycles. The number of aromatic nitrogens is 2. The van der Waals surface area contributed by atoms with E-state index in [0.29, 0.717) is 0 Å². The molecule has 1 atom stereocenters. The smallest absolute Gasteiger partial charge is 0.0954 e. The molecule has 1 heterocycles. The van der Waals surface area contributed by atoms with E-state index in [4.69, 9.17) is 11.6 Å². The number of halogens is 1. The third-order valence-electron chi connectivity index (χ3n) is 4.45. The number of nitrogens with zero attached hydrogens (tertiary/aromatic N) is 2. The first kappa shape index (κ1) is 13.6. The average Bonchev–Trinajstić information content (AvgIpc) is 3.20. The predicted molar refractivity (Wildman–Crippen MR) is 89.4 cm³/mol. The fourth-order valence-electron chi connectivity index (χ4n) is 3.37. The normalized spacial score (nSPS) is 14.8. The SMILES string of the molecule is Clc1ccc(C(c2ccc3c(c2)CCC3)n2ccnc2)cc1. The molecule has 0 saturated carbocycles. The first-order chi connectivity index (χ1) is 10.8. The van der Waals surface area contributed by atoms with Gasteiger partial charge in [-0.25, -0.2) is 4.98 Å². The highest BCUT2D eigenvalue weighted by Gasteiger charge is 2.19. The van der Waals surface area contributed by atoms with Gasteiger partial charge in [-0.2, -0.15) is 0 Å². The van der Waals surface area contributed by atoms with E-state index in [0.717, 1.165) is 5.02 Å². The van der Waals surface area contributed by atoms with Gasteiger partial charge in [-0.1, -0.05) is 41.9 Å². The summed E-state index contributed by atoms with van der Waals surface area (Å²) in [7, 11) is 0. The van der Waals surface area contributed by atoms with Gasteiger partial charge < -0.3 is 4.57 Å². The summed E-state index contributed by atoms with van der Waals surface area (Å²) in [6.45, 7) is 0. The second-order valence-electron chi connectivity index (χ2n) is 5.85. The summed E-state index contributed by atoms with van der Waals surface area (Å²) < 4.78 is 2.15. The molecular formula is C19H17ClN2. The number of benzene rings is 2. The Morgan fingerprint density at radius 1 is 0.955 bits per heavy atom. The lowest BCUT2D eigenvalue weighted by Gasteiger charge is -2.20. The minimum absolute atomic E-state index is 0.144. The standard InChI is InChI=1S/C19H17ClN2/c20-18-8-6-15(7-9-18)19(22-11-10-21-13-22)17-5-4-14-2-1-3-16(14)12-17/h4-13,19H,1-3H2. The second kappa shape index (κ2) is 5.62. The van der Waals surface area contributed by atoms with Gasteiger partial charge in [0.1, 0.15) is 0 Å². The van der Waals surface area contributed by atoms with E-state index in [2.05, 4.69) is 39.9 Å². The highest BCUT2D eigenvalue weighted by Crippen LogP contribution is 2.31. The van der Waals surface area contributed by atoms with Crippen LogP contribution >= 0.6 is 11.6 Å². The van der Waals surface area contributed by atoms with Gasteiger partial charge >= 0.3 is 0 Å². The van der Waals surface area contributed by atoms with Gasteiger partial charge in [0, 0.05) is 17.4 Å². The third kappa shape index (κ3) is 2.44. The zero-order chi connectivity index (χ0) is 14.9. The van der Waals surface area contributed by atoms with Gasteiger partial charge in [-0.05, 0) is 53.6 Å². The molecule has 1 aliphatic carbocycles. The van der Waals surface area contributed by atoms with Gasteiger partial charge in [-0.3, -0.25) is 0 Å². The molecular weight excluding hydrogens is 292 g/mol. The number of fused-ring (bicyclic) bond motifs is 1. The number of aryl methyl sites for hydroxylation is 2. The van der Waals surface area contributed by atoms with Crippen LogP contribution in [0.5, 0.6) is 0 Å². The Kier molecular flexibility index (Phi) is 3.47. The first-order valence-electron chi connectivity index (χ1n) is 7.66. The van der Waals surface area contributed by atoms with Crippen molar-refractivity contribution in [2.24, 2.45) is 0 Å². The monoisotopic (exact) mass is 308 g/mol. The van der Waals surface area contributed by atoms with E-state index in [-0.39, 0.29) is 6.04 Å². The molecule has 0 bridgehead atoms. The van der Waals surface area contributed by atoms with E-state index in [1.807, 2.05) is 30.9 Å². The van der Waals surface area contributed by atoms with Crippen molar-refractivity contribution in [3.63, 3.8) is 0 Å². The molecule has 0 N–H and O–H groups in total. The van der Waals surface area contributed by atoms with Gasteiger partial charge in [0.05, 0.1) is 12.4 Å². The molecule has 0 radical (unpaired) electrons. The summed E-state index contributed by atoms with van der Waals surface area (Å²) in [5.41, 5.74) is 5.53. The summed E-state index contributed by atoms with van der Waals surface area (Å²) in [5, 5.41) is 0.766. The zero-order valence-electron chi connectivity index (χ0n) is 12.2. The Bertz CT molecular complexity index is 776. The van der Waals surface area contributed by atoms with E-state index >= 15 is 0 Å². The van der Waals surface area contributed by atoms with E-state index < -0.39 is 0 Å². The van der Waals surface area contributed by atoms with Crippen LogP contribution in [0.2, 0.25) is 5.02 Å². The molecule has 2 nitrogen and oxygen atoms in total. The summed E-state index contributed by atoms with van der Waals surface area (Å²) >= 11 is 6.04. The van der Waals surface area contributed by atoms with Crippen LogP contribution in [0.15, 0.2) is 61.2 Å². The van der Waals surface area contributed by atoms with Crippen LogP contribution in [0.1, 0.15) is 34.7 Å². The van der Waals surface area contributed by atoms with Crippen molar-refractivity contribution < 1.29 is 0 Å². The van der Waals surface area contributed by atoms with E-state index in [1.165, 1.54) is 41.5 Å². The molecule has 110 valence electrons. The lowest BCUT2D eigenvalue weighted by atomic mass is 9.95. The Balaban J connectivity index is 1.82. The van der Waals surface area contributed by atoms with Gasteiger partial charge in [0.2, 0.25) is 0 Å². The first-order valence-corrected chi connectivity index (χ1v) is 8.04. The maximum Gasteiger partial charge on any atom is 0.0954 e. The van der Waals surface area contributed by atoms with Gasteiger partial charge in [0.25, 0.3) is 0 Å². The molecule has 0 amide bonds. The number of rotatable bonds is 3. The molecule has 22 heavy (non-hydrogen) atoms. The topological polar surface area (TPSA) is 17.8 Å². The minimum Gasteiger partial charge on any atom is -0.326 e. The molecule has 3 aromatic rings. The van der Waals surface area contributed by atoms with Crippen molar-refractivity contribution in [3.05, 3.63) is 88.5 Å². The quantitative estimate of drug-likeness (QED) is 0.688. The fourth-order valence-corrected chi connectivity index (χ4v) is 3.49. The van der Waals surface area contributed by atoms with Crippen LogP contribution < -0.4 is 0 Å². The van der Waals surface area contributed by atoms with Crippen molar-refractivity contribution in [2.75, 3.05) is 0 Å².